The molecule has 0 spiro atoms. The van der Waals surface area contributed by atoms with Crippen molar-refractivity contribution in [2.75, 3.05) is 0 Å². The first kappa shape index (κ1) is 39.9. The zero-order chi connectivity index (χ0) is 34.0. The van der Waals surface area contributed by atoms with E-state index in [0.29, 0.717) is 22.3 Å². The Morgan fingerprint density at radius 1 is 0.500 bits per heavy atom. The summed E-state index contributed by atoms with van der Waals surface area (Å²) in [6.45, 7) is 5.27. The topological polar surface area (TPSA) is 143 Å². The van der Waals surface area contributed by atoms with Crippen molar-refractivity contribution in [3.05, 3.63) is 199 Å². The zero-order valence-corrected chi connectivity index (χ0v) is 27.2. The number of rotatable bonds is 7. The first-order valence-corrected chi connectivity index (χ1v) is 14.2. The third kappa shape index (κ3) is 13.9. The summed E-state index contributed by atoms with van der Waals surface area (Å²) in [5.41, 5.74) is 3.61. The van der Waals surface area contributed by atoms with Crippen LogP contribution in [0.5, 0.6) is 0 Å². The van der Waals surface area contributed by atoms with Gasteiger partial charge in [0.2, 0.25) is 0 Å². The van der Waals surface area contributed by atoms with Gasteiger partial charge in [-0.3, -0.25) is 11.1 Å². The van der Waals surface area contributed by atoms with E-state index in [0.717, 1.165) is 0 Å². The van der Waals surface area contributed by atoms with Crippen LogP contribution < -0.4 is 0 Å². The summed E-state index contributed by atoms with van der Waals surface area (Å²) in [5.74, 6) is 0. The molecule has 0 saturated carbocycles. The van der Waals surface area contributed by atoms with Crippen LogP contribution in [0.4, 0.5) is 0 Å². The van der Waals surface area contributed by atoms with Crippen molar-refractivity contribution in [3.8, 4) is 0 Å². The normalized spacial score (nSPS) is 11.3. The summed E-state index contributed by atoms with van der Waals surface area (Å²) in [5, 5.41) is 49.5. The summed E-state index contributed by atoms with van der Waals surface area (Å²) in [4.78, 5) is 3.78. The number of oxime groups is 4. The molecule has 0 atom stereocenters. The van der Waals surface area contributed by atoms with Gasteiger partial charge in [0.25, 0.3) is 0 Å². The second-order valence-electron chi connectivity index (χ2n) is 8.99. The van der Waals surface area contributed by atoms with Crippen LogP contribution in [0.15, 0.2) is 191 Å². The van der Waals surface area contributed by atoms with E-state index in [4.69, 9.17) is 20.8 Å². The maximum atomic E-state index is 9.14. The van der Waals surface area contributed by atoms with Crippen LogP contribution in [-0.2, 0) is 16.8 Å². The molecule has 0 aliphatic rings. The van der Waals surface area contributed by atoms with Crippen LogP contribution in [0.25, 0.3) is 0 Å². The summed E-state index contributed by atoms with van der Waals surface area (Å²) in [6, 6.07) is 42.0. The molecule has 5 rings (SSSR count). The minimum atomic E-state index is 0. The molecular formula is C38H36CoN5O4-. The molecule has 0 bridgehead atoms. The molecule has 0 saturated heterocycles. The predicted molar refractivity (Wildman–Crippen MR) is 187 cm³/mol. The van der Waals surface area contributed by atoms with Gasteiger partial charge in [0.1, 0.15) is 22.8 Å². The maximum absolute atomic E-state index is 9.14. The van der Waals surface area contributed by atoms with E-state index in [2.05, 4.69) is 38.3 Å². The average molecular weight is 686 g/mol. The molecule has 1 radical (unpaired) electrons. The third-order valence-corrected chi connectivity index (χ3v) is 5.89. The number of pyridine rings is 1. The van der Waals surface area contributed by atoms with Gasteiger partial charge in [0, 0.05) is 51.4 Å². The molecule has 4 N–H and O–H groups in total. The molecule has 5 aromatic rings. The molecule has 247 valence electrons. The Bertz CT molecular complexity index is 1480. The van der Waals surface area contributed by atoms with Crippen molar-refractivity contribution in [1.82, 2.24) is 4.98 Å². The van der Waals surface area contributed by atoms with E-state index in [9.17, 15) is 0 Å². The van der Waals surface area contributed by atoms with Gasteiger partial charge < -0.3 is 20.8 Å². The number of allylic oxidation sites excluding steroid dienone is 3. The van der Waals surface area contributed by atoms with Crippen LogP contribution >= 0.6 is 0 Å². The van der Waals surface area contributed by atoms with Crippen molar-refractivity contribution in [3.63, 3.8) is 0 Å². The van der Waals surface area contributed by atoms with Crippen LogP contribution in [0.1, 0.15) is 29.2 Å². The SMILES string of the molecule is C=[C-]/C=C/C.O/N=C(/C(=N/O)c1ccccc1)c1ccccc1.O/N=C(/C(=N/O)c1ccccc1)c1ccccc1.[Co].c1ccncc1. The summed E-state index contributed by atoms with van der Waals surface area (Å²) in [6.07, 6.45) is 9.73. The zero-order valence-electron chi connectivity index (χ0n) is 26.2. The van der Waals surface area contributed by atoms with Crippen LogP contribution in [0, 0.1) is 6.08 Å². The molecule has 10 heteroatoms. The van der Waals surface area contributed by atoms with Crippen molar-refractivity contribution < 1.29 is 37.6 Å². The molecule has 9 nitrogen and oxygen atoms in total. The van der Waals surface area contributed by atoms with Gasteiger partial charge in [-0.25, -0.2) is 12.2 Å². The third-order valence-electron chi connectivity index (χ3n) is 5.89. The van der Waals surface area contributed by atoms with Crippen LogP contribution in [-0.4, -0.2) is 48.7 Å². The summed E-state index contributed by atoms with van der Waals surface area (Å²) >= 11 is 0. The number of hydrogen-bond donors (Lipinski definition) is 4. The van der Waals surface area contributed by atoms with Gasteiger partial charge in [-0.1, -0.05) is 148 Å². The standard InChI is InChI=1S/2C14H12N2O2.C5H5N.C5H7.Co/c2*17-15-13(11-7-3-1-4-8-11)14(16-18)12-9-5-2-6-10-12;1-2-4-6-5-3-1;1-3-5-4-2;/h2*1-10,17-18H;1-5H;4-5H,1H2,2H3;/q;;;-1;/b2*15-13+,16-14+;;5-4+;. The van der Waals surface area contributed by atoms with Gasteiger partial charge in [0.05, 0.1) is 0 Å². The van der Waals surface area contributed by atoms with Crippen molar-refractivity contribution in [2.24, 2.45) is 20.6 Å². The molecule has 48 heavy (non-hydrogen) atoms. The van der Waals surface area contributed by atoms with Gasteiger partial charge in [0.15, 0.2) is 0 Å². The molecule has 0 aliphatic carbocycles. The smallest absolute Gasteiger partial charge is 0.139 e. The minimum absolute atomic E-state index is 0. The molecular weight excluding hydrogens is 649 g/mol. The number of benzene rings is 4. The summed E-state index contributed by atoms with van der Waals surface area (Å²) in [7, 11) is 0. The summed E-state index contributed by atoms with van der Waals surface area (Å²) < 4.78 is 0. The van der Waals surface area contributed by atoms with E-state index in [1.807, 2.05) is 104 Å². The fourth-order valence-electron chi connectivity index (χ4n) is 3.78. The van der Waals surface area contributed by atoms with Gasteiger partial charge in [-0.15, -0.1) is 6.92 Å². The second kappa shape index (κ2) is 25.1. The minimum Gasteiger partial charge on any atom is -0.410 e. The maximum Gasteiger partial charge on any atom is 0.139 e. The Balaban J connectivity index is 0.000000361. The van der Waals surface area contributed by atoms with Crippen LogP contribution in [0.3, 0.4) is 0 Å². The number of aromatic nitrogens is 1. The fourth-order valence-corrected chi connectivity index (χ4v) is 3.78. The molecule has 0 unspecified atom stereocenters. The van der Waals surface area contributed by atoms with Gasteiger partial charge in [-0.05, 0) is 12.1 Å². The van der Waals surface area contributed by atoms with Crippen molar-refractivity contribution in [2.45, 2.75) is 6.92 Å². The number of hydrogen-bond acceptors (Lipinski definition) is 9. The second-order valence-corrected chi connectivity index (χ2v) is 8.99. The Labute approximate surface area is 291 Å². The van der Waals surface area contributed by atoms with Crippen molar-refractivity contribution in [1.29, 1.82) is 0 Å². The molecule has 4 aromatic carbocycles. The Morgan fingerprint density at radius 2 is 0.750 bits per heavy atom. The predicted octanol–water partition coefficient (Wildman–Crippen LogP) is 8.12. The fraction of sp³-hybridized carbons (Fsp3) is 0.0263. The molecule has 1 aromatic heterocycles. The van der Waals surface area contributed by atoms with E-state index < -0.39 is 0 Å². The van der Waals surface area contributed by atoms with E-state index in [1.165, 1.54) is 0 Å². The Morgan fingerprint density at radius 3 is 0.875 bits per heavy atom. The van der Waals surface area contributed by atoms with Gasteiger partial charge in [-0.2, -0.15) is 6.58 Å². The first-order chi connectivity index (χ1) is 23.1. The molecule has 1 heterocycles. The Hall–Kier alpha value is -6.10. The monoisotopic (exact) mass is 685 g/mol. The van der Waals surface area contributed by atoms with Crippen LogP contribution in [0.2, 0.25) is 0 Å². The largest absolute Gasteiger partial charge is 0.410 e. The van der Waals surface area contributed by atoms with E-state index >= 15 is 0 Å². The molecule has 0 fully saturated rings. The molecule has 0 amide bonds. The van der Waals surface area contributed by atoms with E-state index in [-0.39, 0.29) is 39.6 Å². The van der Waals surface area contributed by atoms with E-state index in [1.54, 1.807) is 67.0 Å². The average Bonchev–Trinajstić information content (AvgIpc) is 3.16. The Kier molecular flexibility index (Phi) is 20.9. The quantitative estimate of drug-likeness (QED) is 0.0450. The first-order valence-electron chi connectivity index (χ1n) is 14.2. The van der Waals surface area contributed by atoms with Crippen molar-refractivity contribution >= 4 is 22.8 Å². The molecule has 0 aliphatic heterocycles. The number of nitrogens with zero attached hydrogens (tertiary/aromatic N) is 5. The van der Waals surface area contributed by atoms with Gasteiger partial charge >= 0.3 is 0 Å².